The number of nitrogens with one attached hydrogen (secondary N) is 2. The van der Waals surface area contributed by atoms with E-state index in [0.717, 1.165) is 23.0 Å². The highest BCUT2D eigenvalue weighted by molar-refractivity contribution is 5.96. The molecular formula is C20H21F3N6O2. The number of nitrogens with zero attached hydrogens (tertiary/aromatic N) is 4. The normalized spacial score (nSPS) is 11.3. The Morgan fingerprint density at radius 1 is 1.06 bits per heavy atom. The topological polar surface area (TPSA) is 94.0 Å². The van der Waals surface area contributed by atoms with Crippen molar-refractivity contribution in [3.63, 3.8) is 0 Å². The first kappa shape index (κ1) is 22.1. The van der Waals surface area contributed by atoms with Crippen molar-refractivity contribution in [2.75, 3.05) is 18.4 Å². The number of halogens is 3. The van der Waals surface area contributed by atoms with Gasteiger partial charge in [0.1, 0.15) is 11.6 Å². The molecule has 0 aliphatic rings. The summed E-state index contributed by atoms with van der Waals surface area (Å²) >= 11 is 0. The van der Waals surface area contributed by atoms with Gasteiger partial charge in [-0.2, -0.15) is 5.10 Å². The van der Waals surface area contributed by atoms with Gasteiger partial charge in [0.25, 0.3) is 5.91 Å². The fraction of sp³-hybridized carbons (Fsp3) is 0.300. The number of alkyl halides is 3. The highest BCUT2D eigenvalue weighted by Gasteiger charge is 2.32. The molecule has 0 saturated carbocycles. The van der Waals surface area contributed by atoms with E-state index in [0.29, 0.717) is 18.2 Å². The monoisotopic (exact) mass is 434 g/mol. The Balaban J connectivity index is 1.53. The Morgan fingerprint density at radius 3 is 2.42 bits per heavy atom. The fourth-order valence-corrected chi connectivity index (χ4v) is 2.81. The summed E-state index contributed by atoms with van der Waals surface area (Å²) in [5.74, 6) is -0.171. The van der Waals surface area contributed by atoms with E-state index < -0.39 is 18.0 Å². The molecule has 0 saturated heterocycles. The van der Waals surface area contributed by atoms with E-state index in [4.69, 9.17) is 0 Å². The zero-order valence-electron chi connectivity index (χ0n) is 17.1. The van der Waals surface area contributed by atoms with Gasteiger partial charge in [0.15, 0.2) is 5.82 Å². The van der Waals surface area contributed by atoms with Crippen LogP contribution in [0.4, 0.5) is 19.0 Å². The smallest absolute Gasteiger partial charge is 0.405 e. The van der Waals surface area contributed by atoms with Crippen molar-refractivity contribution in [3.05, 3.63) is 58.9 Å². The van der Waals surface area contributed by atoms with E-state index in [2.05, 4.69) is 30.7 Å². The molecule has 0 bridgehead atoms. The Bertz CT molecular complexity index is 1060. The maximum absolute atomic E-state index is 12.5. The van der Waals surface area contributed by atoms with Crippen LogP contribution >= 0.6 is 0 Å². The van der Waals surface area contributed by atoms with Gasteiger partial charge in [-0.3, -0.25) is 4.79 Å². The summed E-state index contributed by atoms with van der Waals surface area (Å²) in [5.41, 5.74) is 2.77. The molecule has 0 radical (unpaired) electrons. The van der Waals surface area contributed by atoms with E-state index in [1.807, 2.05) is 20.8 Å². The average Bonchev–Trinajstić information content (AvgIpc) is 2.98. The Labute approximate surface area is 176 Å². The minimum Gasteiger partial charge on any atom is -0.405 e. The van der Waals surface area contributed by atoms with E-state index in [-0.39, 0.29) is 12.1 Å². The number of rotatable bonds is 7. The van der Waals surface area contributed by atoms with Crippen molar-refractivity contribution in [1.29, 1.82) is 0 Å². The third-order valence-corrected chi connectivity index (χ3v) is 4.59. The average molecular weight is 434 g/mol. The number of aromatic nitrogens is 4. The van der Waals surface area contributed by atoms with Crippen LogP contribution in [-0.2, 0) is 0 Å². The lowest BCUT2D eigenvalue weighted by atomic mass is 10.2. The predicted octanol–water partition coefficient (Wildman–Crippen LogP) is 3.33. The zero-order chi connectivity index (χ0) is 22.6. The lowest BCUT2D eigenvalue weighted by Crippen LogP contribution is -2.30. The molecule has 0 aliphatic heterocycles. The first-order valence-electron chi connectivity index (χ1n) is 9.39. The summed E-state index contributed by atoms with van der Waals surface area (Å²) in [7, 11) is 0. The molecule has 31 heavy (non-hydrogen) atoms. The number of benzene rings is 1. The molecule has 1 aromatic carbocycles. The van der Waals surface area contributed by atoms with Crippen LogP contribution in [0.5, 0.6) is 5.75 Å². The molecule has 11 heteroatoms. The largest absolute Gasteiger partial charge is 0.573 e. The maximum Gasteiger partial charge on any atom is 0.573 e. The molecule has 0 spiro atoms. The van der Waals surface area contributed by atoms with Gasteiger partial charge in [-0.15, -0.1) is 23.4 Å². The highest BCUT2D eigenvalue weighted by Crippen LogP contribution is 2.26. The molecular weight excluding hydrogens is 413 g/mol. The molecule has 2 heterocycles. The molecule has 2 aromatic heterocycles. The van der Waals surface area contributed by atoms with Crippen LogP contribution in [0.1, 0.15) is 27.3 Å². The first-order chi connectivity index (χ1) is 14.7. The van der Waals surface area contributed by atoms with Crippen molar-refractivity contribution >= 4 is 11.7 Å². The number of ether oxygens (including phenoxy) is 1. The molecule has 164 valence electrons. The van der Waals surface area contributed by atoms with Crippen LogP contribution in [0, 0.1) is 20.8 Å². The zero-order valence-corrected chi connectivity index (χ0v) is 17.1. The number of carbonyl (C=O) groups excluding carboxylic acids is 1. The van der Waals surface area contributed by atoms with Crippen molar-refractivity contribution < 1.29 is 22.7 Å². The standard InChI is InChI=1S/C20H21F3N6O2/c1-12-13(2)28-29(14(12)3)18-9-8-17(26-27-18)24-10-11-25-19(30)15-6-4-5-7-16(15)31-20(21,22)23/h4-9H,10-11H2,1-3H3,(H,24,26)(H,25,30). The molecule has 0 fully saturated rings. The minimum atomic E-state index is -4.88. The summed E-state index contributed by atoms with van der Waals surface area (Å²) in [6, 6.07) is 8.64. The molecule has 2 N–H and O–H groups in total. The number of aryl methyl sites for hydroxylation is 1. The number of hydrogen-bond acceptors (Lipinski definition) is 6. The van der Waals surface area contributed by atoms with E-state index in [1.54, 1.807) is 16.8 Å². The second kappa shape index (κ2) is 9.02. The van der Waals surface area contributed by atoms with Crippen LogP contribution in [0.3, 0.4) is 0 Å². The van der Waals surface area contributed by atoms with Crippen molar-refractivity contribution in [1.82, 2.24) is 25.3 Å². The maximum atomic E-state index is 12.5. The summed E-state index contributed by atoms with van der Waals surface area (Å²) in [6.45, 7) is 6.30. The quantitative estimate of drug-likeness (QED) is 0.554. The fourth-order valence-electron chi connectivity index (χ4n) is 2.81. The van der Waals surface area contributed by atoms with Gasteiger partial charge in [0.2, 0.25) is 0 Å². The Morgan fingerprint density at radius 2 is 1.81 bits per heavy atom. The van der Waals surface area contributed by atoms with E-state index in [1.165, 1.54) is 18.2 Å². The molecule has 3 aromatic rings. The lowest BCUT2D eigenvalue weighted by molar-refractivity contribution is -0.274. The number of carbonyl (C=O) groups is 1. The minimum absolute atomic E-state index is 0.152. The number of para-hydroxylation sites is 1. The van der Waals surface area contributed by atoms with Crippen LogP contribution in [0.15, 0.2) is 36.4 Å². The predicted molar refractivity (Wildman–Crippen MR) is 107 cm³/mol. The van der Waals surface area contributed by atoms with E-state index >= 15 is 0 Å². The van der Waals surface area contributed by atoms with Crippen LogP contribution < -0.4 is 15.4 Å². The Kier molecular flexibility index (Phi) is 6.42. The van der Waals surface area contributed by atoms with Crippen LogP contribution in [-0.4, -0.2) is 45.3 Å². The molecule has 1 amide bonds. The first-order valence-corrected chi connectivity index (χ1v) is 9.39. The van der Waals surface area contributed by atoms with Gasteiger partial charge in [0.05, 0.1) is 11.3 Å². The third kappa shape index (κ3) is 5.50. The third-order valence-electron chi connectivity index (χ3n) is 4.59. The van der Waals surface area contributed by atoms with Crippen molar-refractivity contribution in [2.24, 2.45) is 0 Å². The second-order valence-electron chi connectivity index (χ2n) is 6.71. The molecule has 3 rings (SSSR count). The summed E-state index contributed by atoms with van der Waals surface area (Å²) in [6.07, 6.45) is -4.88. The van der Waals surface area contributed by atoms with Gasteiger partial charge in [-0.05, 0) is 50.6 Å². The van der Waals surface area contributed by atoms with Crippen molar-refractivity contribution in [2.45, 2.75) is 27.1 Å². The lowest BCUT2D eigenvalue weighted by Gasteiger charge is -2.13. The van der Waals surface area contributed by atoms with Crippen molar-refractivity contribution in [3.8, 4) is 11.6 Å². The van der Waals surface area contributed by atoms with Crippen LogP contribution in [0.25, 0.3) is 5.82 Å². The van der Waals surface area contributed by atoms with Gasteiger partial charge < -0.3 is 15.4 Å². The highest BCUT2D eigenvalue weighted by atomic mass is 19.4. The van der Waals surface area contributed by atoms with E-state index in [9.17, 15) is 18.0 Å². The van der Waals surface area contributed by atoms with Gasteiger partial charge >= 0.3 is 6.36 Å². The summed E-state index contributed by atoms with van der Waals surface area (Å²) in [4.78, 5) is 12.2. The molecule has 0 aliphatic carbocycles. The Hall–Kier alpha value is -3.63. The van der Waals surface area contributed by atoms with Gasteiger partial charge in [-0.1, -0.05) is 12.1 Å². The SMILES string of the molecule is Cc1nn(-c2ccc(NCCNC(=O)c3ccccc3OC(F)(F)F)nn2)c(C)c1C. The number of anilines is 1. The number of amides is 1. The molecule has 0 atom stereocenters. The summed E-state index contributed by atoms with van der Waals surface area (Å²) in [5, 5.41) is 18.2. The summed E-state index contributed by atoms with van der Waals surface area (Å²) < 4.78 is 43.0. The number of hydrogen-bond donors (Lipinski definition) is 2. The van der Waals surface area contributed by atoms with Gasteiger partial charge in [-0.25, -0.2) is 4.68 Å². The molecule has 8 nitrogen and oxygen atoms in total. The van der Waals surface area contributed by atoms with Crippen LogP contribution in [0.2, 0.25) is 0 Å². The molecule has 0 unspecified atom stereocenters. The second-order valence-corrected chi connectivity index (χ2v) is 6.71. The van der Waals surface area contributed by atoms with Gasteiger partial charge in [0, 0.05) is 18.8 Å².